The van der Waals surface area contributed by atoms with Crippen LogP contribution in [-0.2, 0) is 24.0 Å². The van der Waals surface area contributed by atoms with Crippen LogP contribution in [0.1, 0.15) is 39.5 Å². The van der Waals surface area contributed by atoms with E-state index in [1.54, 1.807) is 0 Å². The Morgan fingerprint density at radius 2 is 1.34 bits per heavy atom. The van der Waals surface area contributed by atoms with Crippen LogP contribution < -0.4 is 38.9 Å². The molecule has 0 saturated heterocycles. The van der Waals surface area contributed by atoms with Crippen molar-refractivity contribution in [2.75, 3.05) is 6.54 Å². The summed E-state index contributed by atoms with van der Waals surface area (Å²) in [7, 11) is 0. The molecule has 35 heavy (non-hydrogen) atoms. The second-order valence-electron chi connectivity index (χ2n) is 7.91. The third-order valence-corrected chi connectivity index (χ3v) is 4.76. The highest BCUT2D eigenvalue weighted by molar-refractivity contribution is 5.94. The number of rotatable bonds is 16. The number of carboxylic acids is 1. The number of aliphatic imine (C=N–C) groups is 1. The van der Waals surface area contributed by atoms with Crippen molar-refractivity contribution in [1.29, 1.82) is 0 Å². The number of aliphatic hydroxyl groups is 2. The molecule has 0 radical (unpaired) electrons. The molecular weight excluding hydrogens is 468 g/mol. The fourth-order valence-corrected chi connectivity index (χ4v) is 2.73. The van der Waals surface area contributed by atoms with Crippen LogP contribution in [0.15, 0.2) is 4.99 Å². The molecule has 0 rings (SSSR count). The number of hydrogen-bond acceptors (Lipinski definition) is 9. The van der Waals surface area contributed by atoms with Crippen LogP contribution in [0, 0.1) is 0 Å². The van der Waals surface area contributed by atoms with Gasteiger partial charge in [-0.05, 0) is 33.1 Å². The van der Waals surface area contributed by atoms with Gasteiger partial charge in [0.05, 0.1) is 12.2 Å². The first-order chi connectivity index (χ1) is 16.2. The Morgan fingerprint density at radius 3 is 1.80 bits per heavy atom. The molecule has 0 aliphatic carbocycles. The summed E-state index contributed by atoms with van der Waals surface area (Å²) in [5.41, 5.74) is 21.2. The lowest BCUT2D eigenvalue weighted by molar-refractivity contribution is -0.145. The predicted molar refractivity (Wildman–Crippen MR) is 123 cm³/mol. The summed E-state index contributed by atoms with van der Waals surface area (Å²) in [5.74, 6) is -5.18. The maximum atomic E-state index is 12.9. The highest BCUT2D eigenvalue weighted by atomic mass is 16.4. The molecule has 0 spiro atoms. The fourth-order valence-electron chi connectivity index (χ4n) is 2.73. The normalized spacial score (nSPS) is 15.9. The molecule has 0 aliphatic heterocycles. The van der Waals surface area contributed by atoms with Gasteiger partial charge in [0.1, 0.15) is 18.1 Å². The number of primary amides is 1. The van der Waals surface area contributed by atoms with Gasteiger partial charge in [0, 0.05) is 13.0 Å². The number of aliphatic carboxylic acids is 1. The van der Waals surface area contributed by atoms with Crippen molar-refractivity contribution in [3.05, 3.63) is 0 Å². The van der Waals surface area contributed by atoms with E-state index in [1.807, 2.05) is 0 Å². The Balaban J connectivity index is 5.68. The number of nitrogens with two attached hydrogens (primary N) is 4. The number of hydrogen-bond donors (Lipinski definition) is 10. The number of amides is 4. The Bertz CT molecular complexity index is 785. The van der Waals surface area contributed by atoms with E-state index in [4.69, 9.17) is 22.9 Å². The van der Waals surface area contributed by atoms with Crippen molar-refractivity contribution in [3.63, 3.8) is 0 Å². The molecule has 0 bridgehead atoms. The molecule has 200 valence electrons. The summed E-state index contributed by atoms with van der Waals surface area (Å²) >= 11 is 0. The van der Waals surface area contributed by atoms with E-state index in [1.165, 1.54) is 6.92 Å². The van der Waals surface area contributed by atoms with Crippen LogP contribution in [-0.4, -0.2) is 93.8 Å². The van der Waals surface area contributed by atoms with Crippen LogP contribution in [0.5, 0.6) is 0 Å². The van der Waals surface area contributed by atoms with Crippen LogP contribution in [0.3, 0.4) is 0 Å². The monoisotopic (exact) mass is 504 g/mol. The largest absolute Gasteiger partial charge is 0.480 e. The summed E-state index contributed by atoms with van der Waals surface area (Å²) in [6, 6.07) is -5.72. The van der Waals surface area contributed by atoms with E-state index < -0.39 is 66.0 Å². The number of carbonyl (C=O) groups is 5. The molecular formula is C19H36N8O8. The molecule has 0 aromatic heterocycles. The van der Waals surface area contributed by atoms with E-state index in [2.05, 4.69) is 20.9 Å². The molecule has 0 saturated carbocycles. The zero-order chi connectivity index (χ0) is 27.3. The number of carboxylic acid groups (broad SMARTS) is 1. The Labute approximate surface area is 201 Å². The lowest BCUT2D eigenvalue weighted by atomic mass is 10.1. The van der Waals surface area contributed by atoms with E-state index in [0.717, 1.165) is 6.92 Å². The summed E-state index contributed by atoms with van der Waals surface area (Å²) in [6.45, 7) is 2.51. The summed E-state index contributed by atoms with van der Waals surface area (Å²) in [4.78, 5) is 64.1. The molecule has 0 heterocycles. The summed E-state index contributed by atoms with van der Waals surface area (Å²) in [5, 5.41) is 35.1. The smallest absolute Gasteiger partial charge is 0.328 e. The average Bonchev–Trinajstić information content (AvgIpc) is 2.74. The van der Waals surface area contributed by atoms with Crippen LogP contribution in [0.2, 0.25) is 0 Å². The topological polar surface area (TPSA) is 299 Å². The predicted octanol–water partition coefficient (Wildman–Crippen LogP) is -5.07. The molecule has 6 atom stereocenters. The second kappa shape index (κ2) is 15.4. The number of guanidine groups is 1. The van der Waals surface area contributed by atoms with E-state index >= 15 is 0 Å². The van der Waals surface area contributed by atoms with Crippen LogP contribution in [0.4, 0.5) is 0 Å². The minimum absolute atomic E-state index is 0.0514. The first-order valence-corrected chi connectivity index (χ1v) is 10.8. The molecule has 0 aromatic rings. The van der Waals surface area contributed by atoms with Crippen molar-refractivity contribution < 1.29 is 39.3 Å². The van der Waals surface area contributed by atoms with Crippen molar-refractivity contribution in [2.24, 2.45) is 27.9 Å². The van der Waals surface area contributed by atoms with Gasteiger partial charge in [-0.15, -0.1) is 0 Å². The quantitative estimate of drug-likeness (QED) is 0.0538. The van der Waals surface area contributed by atoms with Gasteiger partial charge in [-0.1, -0.05) is 0 Å². The molecule has 0 fully saturated rings. The molecule has 6 unspecified atom stereocenters. The van der Waals surface area contributed by atoms with Gasteiger partial charge < -0.3 is 54.2 Å². The van der Waals surface area contributed by atoms with Crippen molar-refractivity contribution in [1.82, 2.24) is 16.0 Å². The average molecular weight is 505 g/mol. The van der Waals surface area contributed by atoms with Gasteiger partial charge >= 0.3 is 5.97 Å². The highest BCUT2D eigenvalue weighted by Crippen LogP contribution is 2.05. The van der Waals surface area contributed by atoms with Gasteiger partial charge in [-0.3, -0.25) is 24.2 Å². The van der Waals surface area contributed by atoms with Crippen LogP contribution in [0.25, 0.3) is 0 Å². The molecule has 16 heteroatoms. The minimum atomic E-state index is -1.66. The zero-order valence-corrected chi connectivity index (χ0v) is 19.6. The second-order valence-corrected chi connectivity index (χ2v) is 7.91. The van der Waals surface area contributed by atoms with Crippen molar-refractivity contribution in [3.8, 4) is 0 Å². The van der Waals surface area contributed by atoms with Gasteiger partial charge in [0.15, 0.2) is 12.0 Å². The first kappa shape index (κ1) is 31.5. The maximum Gasteiger partial charge on any atom is 0.328 e. The summed E-state index contributed by atoms with van der Waals surface area (Å²) in [6.07, 6.45) is -3.09. The number of nitrogens with one attached hydrogen (secondary N) is 3. The Hall–Kier alpha value is -3.50. The maximum absolute atomic E-state index is 12.9. The Morgan fingerprint density at radius 1 is 0.829 bits per heavy atom. The molecule has 4 amide bonds. The third-order valence-electron chi connectivity index (χ3n) is 4.76. The van der Waals surface area contributed by atoms with Gasteiger partial charge in [0.2, 0.25) is 23.6 Å². The first-order valence-electron chi connectivity index (χ1n) is 10.8. The number of carbonyl (C=O) groups excluding carboxylic acids is 4. The third kappa shape index (κ3) is 12.5. The van der Waals surface area contributed by atoms with Gasteiger partial charge in [0.25, 0.3) is 0 Å². The van der Waals surface area contributed by atoms with E-state index in [9.17, 15) is 39.3 Å². The van der Waals surface area contributed by atoms with Crippen LogP contribution >= 0.6 is 0 Å². The molecule has 14 N–H and O–H groups in total. The number of nitrogens with zero attached hydrogens (tertiary/aromatic N) is 1. The molecule has 0 aliphatic rings. The highest BCUT2D eigenvalue weighted by Gasteiger charge is 2.32. The van der Waals surface area contributed by atoms with Crippen molar-refractivity contribution in [2.45, 2.75) is 75.9 Å². The molecule has 0 aromatic carbocycles. The fraction of sp³-hybridized carbons (Fsp3) is 0.684. The van der Waals surface area contributed by atoms with Crippen molar-refractivity contribution >= 4 is 35.6 Å². The molecule has 16 nitrogen and oxygen atoms in total. The lowest BCUT2D eigenvalue weighted by Crippen LogP contribution is -2.59. The zero-order valence-electron chi connectivity index (χ0n) is 19.6. The minimum Gasteiger partial charge on any atom is -0.480 e. The standard InChI is InChI=1S/C19H36N8O8/c1-8(28)13(21)17(33)26-11(5-6-12(20)30)15(31)25-10(4-3-7-24-19(22)23)16(32)27-14(9(2)29)18(34)35/h8-11,13-14,28-29H,3-7,21H2,1-2H3,(H2,20,30)(H,25,31)(H,26,33)(H,27,32)(H,34,35)(H4,22,23,24). The van der Waals surface area contributed by atoms with Gasteiger partial charge in [-0.25, -0.2) is 4.79 Å². The lowest BCUT2D eigenvalue weighted by Gasteiger charge is -2.26. The summed E-state index contributed by atoms with van der Waals surface area (Å²) < 4.78 is 0. The van der Waals surface area contributed by atoms with Gasteiger partial charge in [-0.2, -0.15) is 0 Å². The SMILES string of the molecule is CC(O)C(N)C(=O)NC(CCC(N)=O)C(=O)NC(CCCN=C(N)N)C(=O)NC(C(=O)O)C(C)O. The number of aliphatic hydroxyl groups excluding tert-OH is 2. The van der Waals surface area contributed by atoms with E-state index in [0.29, 0.717) is 0 Å². The van der Waals surface area contributed by atoms with E-state index in [-0.39, 0.29) is 38.2 Å². The Kier molecular flexibility index (Phi) is 13.9.